The monoisotopic (exact) mass is 232 g/mol. The van der Waals surface area contributed by atoms with Gasteiger partial charge >= 0.3 is 0 Å². The number of carbonyl (C=O) groups excluding carboxylic acids is 1. The van der Waals surface area contributed by atoms with Gasteiger partial charge in [-0.05, 0) is 12.1 Å². The third-order valence-electron chi connectivity index (χ3n) is 2.34. The molecule has 2 aromatic heterocycles. The van der Waals surface area contributed by atoms with E-state index in [9.17, 15) is 9.59 Å². The molecule has 1 amide bonds. The second-order valence-electron chi connectivity index (χ2n) is 3.70. The molecule has 0 saturated heterocycles. The number of aromatic nitrogens is 2. The Labute approximate surface area is 97.3 Å². The van der Waals surface area contributed by atoms with E-state index in [0.717, 1.165) is 0 Å². The number of hydrogen-bond donors (Lipinski definition) is 1. The maximum Gasteiger partial charge on any atom is 0.259 e. The Balaban J connectivity index is 2.50. The molecule has 0 spiro atoms. The van der Waals surface area contributed by atoms with Crippen LogP contribution in [0.1, 0.15) is 0 Å². The summed E-state index contributed by atoms with van der Waals surface area (Å²) in [7, 11) is 1.66. The lowest BCUT2D eigenvalue weighted by molar-refractivity contribution is -0.116. The van der Waals surface area contributed by atoms with Crippen LogP contribution >= 0.6 is 0 Å². The van der Waals surface area contributed by atoms with Crippen LogP contribution in [0, 0.1) is 0 Å². The molecule has 6 heteroatoms. The zero-order valence-corrected chi connectivity index (χ0v) is 9.33. The molecule has 2 rings (SSSR count). The number of nitrogens with zero attached hydrogens (tertiary/aromatic N) is 3. The van der Waals surface area contributed by atoms with E-state index in [-0.39, 0.29) is 12.1 Å². The number of hydrogen-bond acceptors (Lipinski definition) is 4. The van der Waals surface area contributed by atoms with Gasteiger partial charge < -0.3 is 10.6 Å². The third-order valence-corrected chi connectivity index (χ3v) is 2.34. The Hall–Kier alpha value is -2.37. The van der Waals surface area contributed by atoms with Gasteiger partial charge in [-0.3, -0.25) is 14.0 Å². The summed E-state index contributed by atoms with van der Waals surface area (Å²) in [5, 5.41) is 0. The van der Waals surface area contributed by atoms with Crippen LogP contribution in [0.25, 0.3) is 5.65 Å². The fourth-order valence-corrected chi connectivity index (χ4v) is 1.55. The second kappa shape index (κ2) is 4.25. The van der Waals surface area contributed by atoms with Gasteiger partial charge in [-0.25, -0.2) is 4.98 Å². The number of pyridine rings is 1. The predicted octanol–water partition coefficient (Wildman–Crippen LogP) is -0.384. The van der Waals surface area contributed by atoms with Crippen LogP contribution in [-0.2, 0) is 4.79 Å². The number of primary amides is 1. The van der Waals surface area contributed by atoms with Crippen LogP contribution in [0.3, 0.4) is 0 Å². The number of fused-ring (bicyclic) bond motifs is 1. The molecule has 2 aromatic rings. The molecule has 17 heavy (non-hydrogen) atoms. The number of carbonyl (C=O) groups is 1. The van der Waals surface area contributed by atoms with Gasteiger partial charge in [0.05, 0.1) is 6.54 Å². The van der Waals surface area contributed by atoms with Gasteiger partial charge in [-0.15, -0.1) is 0 Å². The Bertz CT molecular complexity index is 620. The lowest BCUT2D eigenvalue weighted by atomic mass is 10.4. The molecule has 0 aromatic carbocycles. The Morgan fingerprint density at radius 1 is 1.53 bits per heavy atom. The van der Waals surface area contributed by atoms with Gasteiger partial charge in [0.15, 0.2) is 0 Å². The Kier molecular flexibility index (Phi) is 2.78. The molecule has 0 atom stereocenters. The number of likely N-dealkylation sites (N-methyl/N-ethyl adjacent to an activating group) is 1. The molecule has 2 N–H and O–H groups in total. The van der Waals surface area contributed by atoms with Crippen molar-refractivity contribution in [2.24, 2.45) is 5.73 Å². The average molecular weight is 232 g/mol. The van der Waals surface area contributed by atoms with Crippen molar-refractivity contribution >= 4 is 17.4 Å². The first kappa shape index (κ1) is 11.1. The molecule has 0 aliphatic rings. The smallest absolute Gasteiger partial charge is 0.259 e. The highest BCUT2D eigenvalue weighted by Gasteiger charge is 2.08. The minimum Gasteiger partial charge on any atom is -0.368 e. The average Bonchev–Trinajstić information content (AvgIpc) is 2.28. The zero-order valence-electron chi connectivity index (χ0n) is 9.33. The summed E-state index contributed by atoms with van der Waals surface area (Å²) >= 11 is 0. The molecule has 0 saturated carbocycles. The van der Waals surface area contributed by atoms with E-state index < -0.39 is 5.91 Å². The van der Waals surface area contributed by atoms with E-state index in [1.807, 2.05) is 0 Å². The lowest BCUT2D eigenvalue weighted by Gasteiger charge is -2.16. The van der Waals surface area contributed by atoms with Crippen molar-refractivity contribution in [3.05, 3.63) is 40.8 Å². The van der Waals surface area contributed by atoms with Crippen LogP contribution in [0.15, 0.2) is 35.3 Å². The topological polar surface area (TPSA) is 80.7 Å². The molecule has 0 radical (unpaired) electrons. The summed E-state index contributed by atoms with van der Waals surface area (Å²) in [6, 6.07) is 6.64. The molecule has 0 unspecified atom stereocenters. The van der Waals surface area contributed by atoms with Gasteiger partial charge in [0.2, 0.25) is 5.91 Å². The standard InChI is InChI=1S/C11H12N4O2/c1-14(7-8(12)16)10-6-11(17)15-5-3-2-4-9(15)13-10/h2-6H,7H2,1H3,(H2,12,16). The highest BCUT2D eigenvalue weighted by Crippen LogP contribution is 2.07. The van der Waals surface area contributed by atoms with Gasteiger partial charge in [0.25, 0.3) is 5.56 Å². The number of rotatable bonds is 3. The first-order valence-corrected chi connectivity index (χ1v) is 5.06. The largest absolute Gasteiger partial charge is 0.368 e. The predicted molar refractivity (Wildman–Crippen MR) is 63.9 cm³/mol. The van der Waals surface area contributed by atoms with Crippen LogP contribution in [0.4, 0.5) is 5.82 Å². The Morgan fingerprint density at radius 2 is 2.29 bits per heavy atom. The first-order valence-electron chi connectivity index (χ1n) is 5.06. The van der Waals surface area contributed by atoms with E-state index >= 15 is 0 Å². The molecule has 0 aliphatic carbocycles. The van der Waals surface area contributed by atoms with Crippen molar-refractivity contribution in [3.8, 4) is 0 Å². The van der Waals surface area contributed by atoms with Crippen molar-refractivity contribution < 1.29 is 4.79 Å². The third kappa shape index (κ3) is 2.25. The molecule has 88 valence electrons. The van der Waals surface area contributed by atoms with Crippen LogP contribution in [-0.4, -0.2) is 28.9 Å². The van der Waals surface area contributed by atoms with E-state index in [1.165, 1.54) is 15.4 Å². The summed E-state index contributed by atoms with van der Waals surface area (Å²) in [4.78, 5) is 28.4. The van der Waals surface area contributed by atoms with E-state index in [2.05, 4.69) is 4.98 Å². The van der Waals surface area contributed by atoms with E-state index in [0.29, 0.717) is 11.5 Å². The maximum atomic E-state index is 11.8. The van der Waals surface area contributed by atoms with E-state index in [4.69, 9.17) is 5.73 Å². The van der Waals surface area contributed by atoms with Gasteiger partial charge in [-0.1, -0.05) is 6.07 Å². The minimum absolute atomic E-state index is 0.0233. The number of amides is 1. The molecule has 2 heterocycles. The highest BCUT2D eigenvalue weighted by molar-refractivity contribution is 5.79. The molecular weight excluding hydrogens is 220 g/mol. The normalized spacial score (nSPS) is 10.4. The molecule has 6 nitrogen and oxygen atoms in total. The first-order chi connectivity index (χ1) is 8.08. The fourth-order valence-electron chi connectivity index (χ4n) is 1.55. The number of nitrogens with two attached hydrogens (primary N) is 1. The minimum atomic E-state index is -0.470. The van der Waals surface area contributed by atoms with Crippen molar-refractivity contribution in [1.82, 2.24) is 9.38 Å². The summed E-state index contributed by atoms with van der Waals surface area (Å²) in [6.45, 7) is 0.0233. The van der Waals surface area contributed by atoms with Crippen LogP contribution < -0.4 is 16.2 Å². The van der Waals surface area contributed by atoms with Crippen molar-refractivity contribution in [2.75, 3.05) is 18.5 Å². The van der Waals surface area contributed by atoms with Crippen LogP contribution in [0.5, 0.6) is 0 Å². The van der Waals surface area contributed by atoms with Gasteiger partial charge in [0, 0.05) is 19.3 Å². The van der Waals surface area contributed by atoms with Crippen molar-refractivity contribution in [2.45, 2.75) is 0 Å². The SMILES string of the molecule is CN(CC(N)=O)c1cc(=O)n2ccccc2n1. The molecule has 0 bridgehead atoms. The fraction of sp³-hybridized carbons (Fsp3) is 0.182. The quantitative estimate of drug-likeness (QED) is 0.782. The van der Waals surface area contributed by atoms with Crippen LogP contribution in [0.2, 0.25) is 0 Å². The molecular formula is C11H12N4O2. The lowest BCUT2D eigenvalue weighted by Crippen LogP contribution is -2.32. The zero-order chi connectivity index (χ0) is 12.4. The number of anilines is 1. The molecule has 0 aliphatic heterocycles. The molecule has 0 fully saturated rings. The summed E-state index contributed by atoms with van der Waals surface area (Å²) in [5.41, 5.74) is 5.43. The van der Waals surface area contributed by atoms with E-state index in [1.54, 1.807) is 31.4 Å². The second-order valence-corrected chi connectivity index (χ2v) is 3.70. The maximum absolute atomic E-state index is 11.8. The van der Waals surface area contributed by atoms with Gasteiger partial charge in [0.1, 0.15) is 11.5 Å². The summed E-state index contributed by atoms with van der Waals surface area (Å²) in [6.07, 6.45) is 1.64. The summed E-state index contributed by atoms with van der Waals surface area (Å²) in [5.74, 6) is -0.0393. The van der Waals surface area contributed by atoms with Crippen molar-refractivity contribution in [3.63, 3.8) is 0 Å². The summed E-state index contributed by atoms with van der Waals surface area (Å²) < 4.78 is 1.43. The van der Waals surface area contributed by atoms with Gasteiger partial charge in [-0.2, -0.15) is 0 Å². The highest BCUT2D eigenvalue weighted by atomic mass is 16.1. The van der Waals surface area contributed by atoms with Crippen molar-refractivity contribution in [1.29, 1.82) is 0 Å². The Morgan fingerprint density at radius 3 is 3.00 bits per heavy atom.